The summed E-state index contributed by atoms with van der Waals surface area (Å²) in [5.41, 5.74) is 5.68. The first-order chi connectivity index (χ1) is 17.9. The van der Waals surface area contributed by atoms with E-state index in [0.29, 0.717) is 12.4 Å². The summed E-state index contributed by atoms with van der Waals surface area (Å²) in [7, 11) is 2.04. The summed E-state index contributed by atoms with van der Waals surface area (Å²) >= 11 is 0. The molecule has 5 rings (SSSR count). The molecule has 188 valence electrons. The number of rotatable bonds is 7. The summed E-state index contributed by atoms with van der Waals surface area (Å²) in [5.74, 6) is 1.85. The van der Waals surface area contributed by atoms with Crippen LogP contribution in [0.3, 0.4) is 0 Å². The van der Waals surface area contributed by atoms with E-state index in [9.17, 15) is 10.2 Å². The van der Waals surface area contributed by atoms with Crippen molar-refractivity contribution in [3.05, 3.63) is 108 Å². The van der Waals surface area contributed by atoms with Crippen LogP contribution in [0.25, 0.3) is 11.1 Å². The summed E-state index contributed by atoms with van der Waals surface area (Å²) < 4.78 is 12.6. The number of aromatic hydroxyl groups is 2. The highest BCUT2D eigenvalue weighted by atomic mass is 16.5. The van der Waals surface area contributed by atoms with E-state index in [4.69, 9.17) is 9.47 Å². The van der Waals surface area contributed by atoms with E-state index in [1.165, 1.54) is 0 Å². The first-order valence-electron chi connectivity index (χ1n) is 12.3. The number of nitrogens with zero attached hydrogens (tertiary/aromatic N) is 2. The van der Waals surface area contributed by atoms with Crippen molar-refractivity contribution in [3.63, 3.8) is 0 Å². The third-order valence-electron chi connectivity index (χ3n) is 6.84. The quantitative estimate of drug-likeness (QED) is 0.307. The predicted molar refractivity (Wildman–Crippen MR) is 146 cm³/mol. The SMILES string of the molecule is CC1=C(c2cccc(O)c2)C(c2ccc(OCC(C)N(C)c3ccncc3)cc2)Oc2ccc(O)cc21. The molecule has 6 heteroatoms. The van der Waals surface area contributed by atoms with Gasteiger partial charge in [0.1, 0.15) is 35.7 Å². The maximum atomic E-state index is 10.2. The van der Waals surface area contributed by atoms with Crippen LogP contribution in [0.1, 0.15) is 36.6 Å². The molecule has 0 spiro atoms. The van der Waals surface area contributed by atoms with E-state index in [2.05, 4.69) is 16.8 Å². The predicted octanol–water partition coefficient (Wildman–Crippen LogP) is 6.46. The van der Waals surface area contributed by atoms with Gasteiger partial charge in [-0.1, -0.05) is 24.3 Å². The summed E-state index contributed by atoms with van der Waals surface area (Å²) in [6.45, 7) is 4.67. The molecule has 0 aliphatic carbocycles. The van der Waals surface area contributed by atoms with Gasteiger partial charge in [0.15, 0.2) is 0 Å². The van der Waals surface area contributed by atoms with Gasteiger partial charge in [-0.3, -0.25) is 4.98 Å². The van der Waals surface area contributed by atoms with Gasteiger partial charge in [0.25, 0.3) is 0 Å². The fraction of sp³-hybridized carbons (Fsp3) is 0.194. The zero-order chi connectivity index (χ0) is 25.9. The molecular weight excluding hydrogens is 464 g/mol. The minimum absolute atomic E-state index is 0.166. The molecule has 1 aliphatic heterocycles. The van der Waals surface area contributed by atoms with E-state index in [0.717, 1.165) is 39.3 Å². The fourth-order valence-electron chi connectivity index (χ4n) is 4.62. The monoisotopic (exact) mass is 494 g/mol. The molecule has 3 aromatic carbocycles. The first kappa shape index (κ1) is 24.3. The average molecular weight is 495 g/mol. The Morgan fingerprint density at radius 1 is 0.946 bits per heavy atom. The molecule has 0 bridgehead atoms. The summed E-state index contributed by atoms with van der Waals surface area (Å²) in [6, 6.07) is 24.4. The van der Waals surface area contributed by atoms with Gasteiger partial charge in [-0.05, 0) is 85.1 Å². The second kappa shape index (κ2) is 10.3. The summed E-state index contributed by atoms with van der Waals surface area (Å²) in [4.78, 5) is 6.25. The third-order valence-corrected chi connectivity index (χ3v) is 6.84. The summed E-state index contributed by atoms with van der Waals surface area (Å²) in [6.07, 6.45) is 3.19. The van der Waals surface area contributed by atoms with E-state index >= 15 is 0 Å². The van der Waals surface area contributed by atoms with Crippen molar-refractivity contribution in [2.45, 2.75) is 26.0 Å². The van der Waals surface area contributed by atoms with Gasteiger partial charge in [0.2, 0.25) is 0 Å². The normalized spacial score (nSPS) is 15.5. The van der Waals surface area contributed by atoms with Crippen LogP contribution in [-0.2, 0) is 0 Å². The maximum absolute atomic E-state index is 10.2. The van der Waals surface area contributed by atoms with Gasteiger partial charge >= 0.3 is 0 Å². The highest BCUT2D eigenvalue weighted by Crippen LogP contribution is 2.47. The van der Waals surface area contributed by atoms with Gasteiger partial charge in [-0.2, -0.15) is 0 Å². The van der Waals surface area contributed by atoms with Crippen LogP contribution in [0.2, 0.25) is 0 Å². The lowest BCUT2D eigenvalue weighted by molar-refractivity contribution is 0.259. The van der Waals surface area contributed by atoms with Crippen molar-refractivity contribution in [3.8, 4) is 23.0 Å². The van der Waals surface area contributed by atoms with Gasteiger partial charge in [0, 0.05) is 36.3 Å². The Balaban J connectivity index is 1.39. The molecule has 0 saturated heterocycles. The van der Waals surface area contributed by atoms with Gasteiger partial charge in [-0.25, -0.2) is 0 Å². The highest BCUT2D eigenvalue weighted by molar-refractivity contribution is 5.95. The molecule has 0 radical (unpaired) electrons. The molecule has 0 amide bonds. The molecule has 0 fully saturated rings. The number of aromatic nitrogens is 1. The molecule has 0 saturated carbocycles. The fourth-order valence-corrected chi connectivity index (χ4v) is 4.62. The van der Waals surface area contributed by atoms with Crippen molar-refractivity contribution in [1.82, 2.24) is 4.98 Å². The van der Waals surface area contributed by atoms with Crippen LogP contribution in [-0.4, -0.2) is 34.9 Å². The number of hydrogen-bond donors (Lipinski definition) is 2. The van der Waals surface area contributed by atoms with Crippen LogP contribution in [0, 0.1) is 0 Å². The molecule has 1 aromatic heterocycles. The molecule has 1 aliphatic rings. The zero-order valence-corrected chi connectivity index (χ0v) is 21.1. The van der Waals surface area contributed by atoms with Crippen molar-refractivity contribution in [2.75, 3.05) is 18.6 Å². The second-order valence-corrected chi connectivity index (χ2v) is 9.31. The Morgan fingerprint density at radius 2 is 1.68 bits per heavy atom. The number of allylic oxidation sites excluding steroid dienone is 1. The molecular formula is C31H30N2O4. The Kier molecular flexibility index (Phi) is 6.73. The smallest absolute Gasteiger partial charge is 0.150 e. The van der Waals surface area contributed by atoms with Crippen molar-refractivity contribution in [2.24, 2.45) is 0 Å². The lowest BCUT2D eigenvalue weighted by atomic mass is 9.86. The number of ether oxygens (including phenoxy) is 2. The number of likely N-dealkylation sites (N-methyl/N-ethyl adjacent to an activating group) is 1. The number of pyridine rings is 1. The molecule has 37 heavy (non-hydrogen) atoms. The Hall–Kier alpha value is -4.45. The number of benzene rings is 3. The van der Waals surface area contributed by atoms with Crippen molar-refractivity contribution >= 4 is 16.8 Å². The van der Waals surface area contributed by atoms with Gasteiger partial charge < -0.3 is 24.6 Å². The van der Waals surface area contributed by atoms with Gasteiger partial charge in [-0.15, -0.1) is 0 Å². The highest BCUT2D eigenvalue weighted by Gasteiger charge is 2.29. The Morgan fingerprint density at radius 3 is 2.41 bits per heavy atom. The number of phenolic OH excluding ortho intramolecular Hbond substituents is 2. The standard InChI is InChI=1S/C31H30N2O4/c1-20(33(3)24-13-15-32-16-14-24)19-36-27-10-7-22(8-11-27)31-30(23-5-4-6-25(34)17-23)21(2)28-18-26(35)9-12-29(28)37-31/h4-18,20,31,34-35H,19H2,1-3H3. The number of fused-ring (bicyclic) bond motifs is 1. The zero-order valence-electron chi connectivity index (χ0n) is 21.1. The van der Waals surface area contributed by atoms with Crippen LogP contribution in [0.15, 0.2) is 91.3 Å². The largest absolute Gasteiger partial charge is 0.508 e. The number of anilines is 1. The second-order valence-electron chi connectivity index (χ2n) is 9.31. The first-order valence-corrected chi connectivity index (χ1v) is 12.3. The molecule has 2 N–H and O–H groups in total. The summed E-state index contributed by atoms with van der Waals surface area (Å²) in [5, 5.41) is 20.2. The van der Waals surface area contributed by atoms with Crippen LogP contribution >= 0.6 is 0 Å². The van der Waals surface area contributed by atoms with E-state index in [1.807, 2.05) is 62.5 Å². The average Bonchev–Trinajstić information content (AvgIpc) is 2.92. The Bertz CT molecular complexity index is 1420. The molecule has 2 heterocycles. The minimum Gasteiger partial charge on any atom is -0.508 e. The van der Waals surface area contributed by atoms with E-state index in [1.54, 1.807) is 42.7 Å². The van der Waals surface area contributed by atoms with E-state index < -0.39 is 0 Å². The maximum Gasteiger partial charge on any atom is 0.150 e. The third kappa shape index (κ3) is 5.09. The minimum atomic E-state index is -0.385. The number of hydrogen-bond acceptors (Lipinski definition) is 6. The Labute approximate surface area is 217 Å². The number of phenols is 2. The lowest BCUT2D eigenvalue weighted by Crippen LogP contribution is -2.34. The van der Waals surface area contributed by atoms with Crippen molar-refractivity contribution < 1.29 is 19.7 Å². The molecule has 6 nitrogen and oxygen atoms in total. The van der Waals surface area contributed by atoms with Gasteiger partial charge in [0.05, 0.1) is 6.04 Å². The van der Waals surface area contributed by atoms with Crippen LogP contribution in [0.5, 0.6) is 23.0 Å². The molecule has 2 unspecified atom stereocenters. The van der Waals surface area contributed by atoms with Crippen LogP contribution < -0.4 is 14.4 Å². The van der Waals surface area contributed by atoms with Crippen molar-refractivity contribution in [1.29, 1.82) is 0 Å². The van der Waals surface area contributed by atoms with E-state index in [-0.39, 0.29) is 23.6 Å². The lowest BCUT2D eigenvalue weighted by Gasteiger charge is -2.31. The molecule has 4 aromatic rings. The molecule has 2 atom stereocenters. The topological polar surface area (TPSA) is 75.1 Å². The van der Waals surface area contributed by atoms with Crippen LogP contribution in [0.4, 0.5) is 5.69 Å².